The molecule has 4 heterocycles. The molecule has 0 aliphatic carbocycles. The molecule has 8 heteroatoms. The lowest BCUT2D eigenvalue weighted by molar-refractivity contribution is -0.132. The molecule has 2 aliphatic rings. The number of rotatable bonds is 6. The maximum absolute atomic E-state index is 13.2. The first-order valence-corrected chi connectivity index (χ1v) is 16.6. The lowest BCUT2D eigenvalue weighted by Gasteiger charge is -2.22. The molecular formula is C40H34N4O4. The summed E-state index contributed by atoms with van der Waals surface area (Å²) < 4.78 is 12.4. The summed E-state index contributed by atoms with van der Waals surface area (Å²) in [7, 11) is 0. The lowest BCUT2D eigenvalue weighted by atomic mass is 10.1. The van der Waals surface area contributed by atoms with Gasteiger partial charge in [-0.1, -0.05) is 72.5 Å². The average molecular weight is 635 g/mol. The van der Waals surface area contributed by atoms with Crippen LogP contribution in [0.3, 0.4) is 0 Å². The van der Waals surface area contributed by atoms with Crippen molar-refractivity contribution in [1.82, 2.24) is 19.8 Å². The standard InChI is InChI=1S/C40H34N4O4/c45-37(25-27-9-3-1-4-10-27)43-21-7-13-33(43)39-41-31-19-17-29(23-35(31)47-39)15-16-30-18-20-32-36(24-30)48-40(42-32)34-14-8-22-44(34)38(46)26-28-11-5-2-6-12-28/h1-6,9-12,17-20,23-24,33-34H,7-8,13-14,21-22,25-26H2/t33-,34-/m0/s1. The van der Waals surface area contributed by atoms with Crippen LogP contribution in [0.4, 0.5) is 0 Å². The van der Waals surface area contributed by atoms with Crippen LogP contribution in [0.2, 0.25) is 0 Å². The van der Waals surface area contributed by atoms with Crippen LogP contribution in [0.15, 0.2) is 106 Å². The summed E-state index contributed by atoms with van der Waals surface area (Å²) in [4.78, 5) is 39.6. The van der Waals surface area contributed by atoms with E-state index in [-0.39, 0.29) is 23.9 Å². The van der Waals surface area contributed by atoms with Gasteiger partial charge in [-0.3, -0.25) is 9.59 Å². The highest BCUT2D eigenvalue weighted by Gasteiger charge is 2.34. The Morgan fingerprint density at radius 1 is 0.625 bits per heavy atom. The van der Waals surface area contributed by atoms with Crippen molar-refractivity contribution in [3.05, 3.63) is 131 Å². The number of fused-ring (bicyclic) bond motifs is 2. The van der Waals surface area contributed by atoms with Gasteiger partial charge in [0.2, 0.25) is 23.6 Å². The highest BCUT2D eigenvalue weighted by atomic mass is 16.4. The zero-order valence-electron chi connectivity index (χ0n) is 26.5. The molecule has 2 saturated heterocycles. The van der Waals surface area contributed by atoms with E-state index in [1.807, 2.05) is 107 Å². The summed E-state index contributed by atoms with van der Waals surface area (Å²) >= 11 is 0. The summed E-state index contributed by atoms with van der Waals surface area (Å²) in [5, 5.41) is 0. The van der Waals surface area contributed by atoms with E-state index in [1.165, 1.54) is 0 Å². The van der Waals surface area contributed by atoms with Gasteiger partial charge in [0.15, 0.2) is 11.2 Å². The van der Waals surface area contributed by atoms with E-state index < -0.39 is 0 Å². The Morgan fingerprint density at radius 2 is 1.06 bits per heavy atom. The van der Waals surface area contributed by atoms with Crippen molar-refractivity contribution in [2.24, 2.45) is 0 Å². The number of hydrogen-bond acceptors (Lipinski definition) is 6. The fourth-order valence-corrected chi connectivity index (χ4v) is 6.86. The van der Waals surface area contributed by atoms with Crippen LogP contribution in [-0.4, -0.2) is 44.7 Å². The minimum Gasteiger partial charge on any atom is -0.438 e. The average Bonchev–Trinajstić information content (AvgIpc) is 3.93. The second-order valence-corrected chi connectivity index (χ2v) is 12.5. The Morgan fingerprint density at radius 3 is 1.50 bits per heavy atom. The van der Waals surface area contributed by atoms with Gasteiger partial charge < -0.3 is 18.6 Å². The van der Waals surface area contributed by atoms with Gasteiger partial charge in [-0.15, -0.1) is 0 Å². The predicted octanol–water partition coefficient (Wildman–Crippen LogP) is 7.18. The summed E-state index contributed by atoms with van der Waals surface area (Å²) in [6, 6.07) is 30.8. The minimum absolute atomic E-state index is 0.0884. The fraction of sp³-hybridized carbons (Fsp3) is 0.250. The van der Waals surface area contributed by atoms with Crippen LogP contribution >= 0.6 is 0 Å². The first kappa shape index (κ1) is 29.7. The van der Waals surface area contributed by atoms with E-state index in [4.69, 9.17) is 18.8 Å². The molecule has 0 spiro atoms. The van der Waals surface area contributed by atoms with Crippen molar-refractivity contribution in [3.63, 3.8) is 0 Å². The predicted molar refractivity (Wildman–Crippen MR) is 182 cm³/mol. The molecule has 4 aromatic carbocycles. The maximum Gasteiger partial charge on any atom is 0.227 e. The zero-order valence-corrected chi connectivity index (χ0v) is 26.5. The molecule has 6 aromatic rings. The third kappa shape index (κ3) is 6.07. The van der Waals surface area contributed by atoms with E-state index in [0.29, 0.717) is 48.9 Å². The Hall–Kier alpha value is -5.68. The number of carbonyl (C=O) groups excluding carboxylic acids is 2. The van der Waals surface area contributed by atoms with E-state index in [0.717, 1.165) is 59.0 Å². The molecule has 2 fully saturated rings. The molecule has 8 nitrogen and oxygen atoms in total. The molecule has 8 rings (SSSR count). The molecule has 238 valence electrons. The van der Waals surface area contributed by atoms with Gasteiger partial charge in [0.05, 0.1) is 12.8 Å². The molecule has 0 saturated carbocycles. The second-order valence-electron chi connectivity index (χ2n) is 12.5. The number of nitrogens with zero attached hydrogens (tertiary/aromatic N) is 4. The number of benzene rings is 4. The minimum atomic E-state index is -0.167. The smallest absolute Gasteiger partial charge is 0.227 e. The third-order valence-electron chi connectivity index (χ3n) is 9.27. The first-order chi connectivity index (χ1) is 23.6. The lowest BCUT2D eigenvalue weighted by Crippen LogP contribution is -2.32. The van der Waals surface area contributed by atoms with Crippen molar-refractivity contribution in [2.75, 3.05) is 13.1 Å². The van der Waals surface area contributed by atoms with Crippen LogP contribution in [0, 0.1) is 11.8 Å². The first-order valence-electron chi connectivity index (χ1n) is 16.6. The number of aromatic nitrogens is 2. The summed E-state index contributed by atoms with van der Waals surface area (Å²) in [5.41, 5.74) is 6.39. The number of amides is 2. The highest BCUT2D eigenvalue weighted by molar-refractivity contribution is 5.81. The van der Waals surface area contributed by atoms with Crippen LogP contribution in [0.25, 0.3) is 22.2 Å². The normalized spacial score (nSPS) is 17.6. The molecule has 2 aromatic heterocycles. The van der Waals surface area contributed by atoms with E-state index in [2.05, 4.69) is 11.8 Å². The van der Waals surface area contributed by atoms with Gasteiger partial charge in [0.25, 0.3) is 0 Å². The molecule has 0 N–H and O–H groups in total. The Balaban J connectivity index is 0.971. The number of carbonyl (C=O) groups is 2. The topological polar surface area (TPSA) is 92.7 Å². The summed E-state index contributed by atoms with van der Waals surface area (Å²) in [6.07, 6.45) is 4.23. The monoisotopic (exact) mass is 634 g/mol. The Bertz CT molecular complexity index is 2020. The number of likely N-dealkylation sites (tertiary alicyclic amines) is 2. The van der Waals surface area contributed by atoms with Crippen molar-refractivity contribution >= 4 is 34.0 Å². The summed E-state index contributed by atoms with van der Waals surface area (Å²) in [5.74, 6) is 7.80. The van der Waals surface area contributed by atoms with Gasteiger partial charge in [-0.2, -0.15) is 0 Å². The van der Waals surface area contributed by atoms with E-state index in [9.17, 15) is 9.59 Å². The molecule has 0 bridgehead atoms. The molecular weight excluding hydrogens is 600 g/mol. The highest BCUT2D eigenvalue weighted by Crippen LogP contribution is 2.35. The number of oxazole rings is 2. The van der Waals surface area contributed by atoms with Crippen molar-refractivity contribution < 1.29 is 18.4 Å². The fourth-order valence-electron chi connectivity index (χ4n) is 6.86. The van der Waals surface area contributed by atoms with E-state index in [1.54, 1.807) is 0 Å². The van der Waals surface area contributed by atoms with Crippen molar-refractivity contribution in [3.8, 4) is 11.8 Å². The van der Waals surface area contributed by atoms with Crippen molar-refractivity contribution in [1.29, 1.82) is 0 Å². The Labute approximate surface area is 278 Å². The van der Waals surface area contributed by atoms with Crippen LogP contribution < -0.4 is 0 Å². The SMILES string of the molecule is O=C(Cc1ccccc1)N1CCC[C@H]1c1nc2ccc(C#Cc3ccc4nc([C@@H]5CCCN5C(=O)Cc5ccccc5)oc4c3)cc2o1. The molecule has 2 atom stereocenters. The largest absolute Gasteiger partial charge is 0.438 e. The van der Waals surface area contributed by atoms with Crippen molar-refractivity contribution in [2.45, 2.75) is 50.6 Å². The maximum atomic E-state index is 13.2. The summed E-state index contributed by atoms with van der Waals surface area (Å²) in [6.45, 7) is 1.40. The number of hydrogen-bond donors (Lipinski definition) is 0. The van der Waals surface area contributed by atoms with Gasteiger partial charge in [-0.05, 0) is 73.2 Å². The van der Waals surface area contributed by atoms with Gasteiger partial charge in [0, 0.05) is 24.2 Å². The van der Waals surface area contributed by atoms with Crippen LogP contribution in [0.1, 0.15) is 71.8 Å². The molecule has 2 amide bonds. The molecule has 48 heavy (non-hydrogen) atoms. The zero-order chi connectivity index (χ0) is 32.5. The van der Waals surface area contributed by atoms with Crippen LogP contribution in [-0.2, 0) is 22.4 Å². The Kier molecular flexibility index (Phi) is 7.95. The quantitative estimate of drug-likeness (QED) is 0.180. The van der Waals surface area contributed by atoms with Gasteiger partial charge >= 0.3 is 0 Å². The molecule has 0 unspecified atom stereocenters. The second kappa shape index (κ2) is 12.8. The van der Waals surface area contributed by atoms with Gasteiger partial charge in [-0.25, -0.2) is 9.97 Å². The third-order valence-corrected chi connectivity index (χ3v) is 9.27. The van der Waals surface area contributed by atoms with Crippen LogP contribution in [0.5, 0.6) is 0 Å². The molecule has 2 aliphatic heterocycles. The van der Waals surface area contributed by atoms with Gasteiger partial charge in [0.1, 0.15) is 23.1 Å². The molecule has 0 radical (unpaired) electrons. The van der Waals surface area contributed by atoms with E-state index >= 15 is 0 Å².